The standard InChI is InChI=1S/C36H52N8O9S/c1-35(2,3)43-31(25-9-12-29(21-25)52-34(46)51-28-13-10-27(11-14-28)44(47)48)22-32(40-43)39-26-15-19-42(20-16-26)54(49,50)30-23-38-41(24-30)18-8-7-17-37-33(45)53-36(4,5)6/h10-11,13-14,22-26,29H,7-9,12,15-21H2,1-6H3,(H,37,45)(H,39,40)/t25-,29+/m0/s1. The van der Waals surface area contributed by atoms with Crippen molar-refractivity contribution in [2.45, 2.75) is 127 Å². The van der Waals surface area contributed by atoms with Crippen molar-refractivity contribution in [3.8, 4) is 5.75 Å². The number of hydrogen-bond acceptors (Lipinski definition) is 12. The van der Waals surface area contributed by atoms with E-state index in [2.05, 4.69) is 36.5 Å². The molecular formula is C36H52N8O9S. The molecule has 5 rings (SSSR count). The van der Waals surface area contributed by atoms with E-state index in [4.69, 9.17) is 19.3 Å². The molecule has 2 fully saturated rings. The molecule has 1 aromatic carbocycles. The zero-order valence-corrected chi connectivity index (χ0v) is 32.6. The lowest BCUT2D eigenvalue weighted by atomic mass is 10.0. The first-order valence-electron chi connectivity index (χ1n) is 18.4. The first-order valence-corrected chi connectivity index (χ1v) is 19.8. The highest BCUT2D eigenvalue weighted by Gasteiger charge is 2.35. The fourth-order valence-electron chi connectivity index (χ4n) is 6.60. The number of rotatable bonds is 13. The van der Waals surface area contributed by atoms with Crippen molar-refractivity contribution in [2.24, 2.45) is 0 Å². The summed E-state index contributed by atoms with van der Waals surface area (Å²) in [6.07, 6.45) is 5.90. The molecule has 2 atom stereocenters. The Kier molecular flexibility index (Phi) is 12.6. The van der Waals surface area contributed by atoms with Crippen molar-refractivity contribution >= 4 is 33.8 Å². The number of hydrogen-bond donors (Lipinski definition) is 2. The second-order valence-corrected chi connectivity index (χ2v) is 17.7. The van der Waals surface area contributed by atoms with Crippen LogP contribution in [-0.4, -0.2) is 86.8 Å². The third-order valence-electron chi connectivity index (χ3n) is 9.22. The van der Waals surface area contributed by atoms with Crippen LogP contribution in [0.2, 0.25) is 0 Å². The second-order valence-electron chi connectivity index (χ2n) is 15.8. The fourth-order valence-corrected chi connectivity index (χ4v) is 8.03. The Balaban J connectivity index is 1.09. The molecule has 1 amide bonds. The van der Waals surface area contributed by atoms with E-state index in [0.29, 0.717) is 70.5 Å². The normalized spacial score (nSPS) is 18.6. The predicted octanol–water partition coefficient (Wildman–Crippen LogP) is 6.16. The number of amides is 1. The number of nitro groups is 1. The largest absolute Gasteiger partial charge is 0.514 e. The molecular weight excluding hydrogens is 721 g/mol. The number of aryl methyl sites for hydroxylation is 1. The monoisotopic (exact) mass is 772 g/mol. The number of alkyl carbamates (subject to hydrolysis) is 1. The molecule has 18 heteroatoms. The molecule has 2 N–H and O–H groups in total. The van der Waals surface area contributed by atoms with Crippen LogP contribution < -0.4 is 15.4 Å². The number of unbranched alkanes of at least 4 members (excludes halogenated alkanes) is 1. The van der Waals surface area contributed by atoms with Crippen LogP contribution in [0.3, 0.4) is 0 Å². The van der Waals surface area contributed by atoms with Gasteiger partial charge in [-0.1, -0.05) is 0 Å². The van der Waals surface area contributed by atoms with E-state index in [9.17, 15) is 28.1 Å². The quantitative estimate of drug-likeness (QED) is 0.0659. The van der Waals surface area contributed by atoms with Crippen LogP contribution in [0.5, 0.6) is 5.75 Å². The van der Waals surface area contributed by atoms with Gasteiger partial charge in [-0.25, -0.2) is 18.0 Å². The van der Waals surface area contributed by atoms with Crippen molar-refractivity contribution in [3.63, 3.8) is 0 Å². The van der Waals surface area contributed by atoms with Gasteiger partial charge in [0.2, 0.25) is 10.0 Å². The summed E-state index contributed by atoms with van der Waals surface area (Å²) in [5, 5.41) is 26.3. The number of aromatic nitrogens is 4. The first-order chi connectivity index (χ1) is 25.4. The van der Waals surface area contributed by atoms with Crippen molar-refractivity contribution in [1.29, 1.82) is 0 Å². The van der Waals surface area contributed by atoms with Crippen LogP contribution in [0, 0.1) is 10.1 Å². The summed E-state index contributed by atoms with van der Waals surface area (Å²) < 4.78 is 48.1. The van der Waals surface area contributed by atoms with E-state index in [1.165, 1.54) is 34.8 Å². The number of nitro benzene ring substituents is 1. The number of anilines is 1. The number of non-ortho nitro benzene ring substituents is 1. The molecule has 17 nitrogen and oxygen atoms in total. The zero-order valence-electron chi connectivity index (χ0n) is 31.8. The van der Waals surface area contributed by atoms with Crippen LogP contribution in [0.15, 0.2) is 47.6 Å². The Morgan fingerprint density at radius 1 is 1.02 bits per heavy atom. The maximum Gasteiger partial charge on any atom is 0.514 e. The van der Waals surface area contributed by atoms with E-state index >= 15 is 0 Å². The van der Waals surface area contributed by atoms with Crippen LogP contribution in [0.1, 0.15) is 98.1 Å². The Labute approximate surface area is 315 Å². The van der Waals surface area contributed by atoms with Crippen LogP contribution in [-0.2, 0) is 31.6 Å². The average Bonchev–Trinajstić information content (AvgIpc) is 3.85. The summed E-state index contributed by atoms with van der Waals surface area (Å²) >= 11 is 0. The highest BCUT2D eigenvalue weighted by atomic mass is 32.2. The third-order valence-corrected chi connectivity index (χ3v) is 11.1. The number of nitrogens with one attached hydrogen (secondary N) is 2. The van der Waals surface area contributed by atoms with E-state index in [0.717, 1.165) is 12.1 Å². The molecule has 0 unspecified atom stereocenters. The average molecular weight is 773 g/mol. The summed E-state index contributed by atoms with van der Waals surface area (Å²) in [4.78, 5) is 34.8. The van der Waals surface area contributed by atoms with Gasteiger partial charge in [0.25, 0.3) is 5.69 Å². The summed E-state index contributed by atoms with van der Waals surface area (Å²) in [6.45, 7) is 13.3. The molecule has 0 radical (unpaired) electrons. The maximum atomic E-state index is 13.5. The van der Waals surface area contributed by atoms with Gasteiger partial charge < -0.3 is 24.8 Å². The number of sulfonamides is 1. The van der Waals surface area contributed by atoms with Crippen LogP contribution >= 0.6 is 0 Å². The van der Waals surface area contributed by atoms with Crippen molar-refractivity contribution < 1.29 is 37.1 Å². The van der Waals surface area contributed by atoms with Gasteiger partial charge in [-0.15, -0.1) is 0 Å². The molecule has 1 saturated carbocycles. The number of carbonyl (C=O) groups is 2. The molecule has 296 valence electrons. The minimum Gasteiger partial charge on any atom is -0.444 e. The number of ether oxygens (including phenoxy) is 3. The summed E-state index contributed by atoms with van der Waals surface area (Å²) in [5.41, 5.74) is 0.0446. The molecule has 1 aliphatic heterocycles. The minimum atomic E-state index is -3.71. The van der Waals surface area contributed by atoms with Gasteiger partial charge in [-0.2, -0.15) is 14.5 Å². The Bertz CT molecular complexity index is 1870. The highest BCUT2D eigenvalue weighted by Crippen LogP contribution is 2.39. The fraction of sp³-hybridized carbons (Fsp3) is 0.611. The Morgan fingerprint density at radius 2 is 1.72 bits per heavy atom. The van der Waals surface area contributed by atoms with E-state index in [-0.39, 0.29) is 39.9 Å². The van der Waals surface area contributed by atoms with Gasteiger partial charge in [0.05, 0.1) is 16.7 Å². The zero-order chi connectivity index (χ0) is 39.3. The lowest BCUT2D eigenvalue weighted by Gasteiger charge is -2.31. The molecule has 2 aromatic heterocycles. The van der Waals surface area contributed by atoms with Crippen molar-refractivity contribution in [1.82, 2.24) is 29.2 Å². The van der Waals surface area contributed by atoms with E-state index in [1.807, 2.05) is 10.7 Å². The first kappa shape index (κ1) is 40.5. The summed E-state index contributed by atoms with van der Waals surface area (Å²) in [6, 6.07) is 7.30. The molecule has 3 heterocycles. The van der Waals surface area contributed by atoms with E-state index in [1.54, 1.807) is 31.6 Å². The molecule has 0 spiro atoms. The number of carbonyl (C=O) groups excluding carboxylic acids is 2. The van der Waals surface area contributed by atoms with Crippen molar-refractivity contribution in [3.05, 3.63) is 58.5 Å². The molecule has 2 aliphatic rings. The summed E-state index contributed by atoms with van der Waals surface area (Å²) in [7, 11) is -3.71. The molecule has 1 saturated heterocycles. The third kappa shape index (κ3) is 10.9. The molecule has 1 aliphatic carbocycles. The van der Waals surface area contributed by atoms with Gasteiger partial charge in [-0.05, 0) is 98.6 Å². The number of piperidine rings is 1. The smallest absolute Gasteiger partial charge is 0.444 e. The molecule has 3 aromatic rings. The predicted molar refractivity (Wildman–Crippen MR) is 199 cm³/mol. The summed E-state index contributed by atoms with van der Waals surface area (Å²) in [5.74, 6) is 0.966. The number of nitrogens with zero attached hydrogens (tertiary/aromatic N) is 6. The molecule has 0 bridgehead atoms. The van der Waals surface area contributed by atoms with Crippen molar-refractivity contribution in [2.75, 3.05) is 25.0 Å². The topological polar surface area (TPSA) is 202 Å². The Hall–Kier alpha value is -4.71. The van der Waals surface area contributed by atoms with Gasteiger partial charge in [0.15, 0.2) is 0 Å². The SMILES string of the molecule is CC(C)(C)OC(=O)NCCCCn1cc(S(=O)(=O)N2CCC(Nc3cc([C@H]4CC[C@@H](OC(=O)Oc5ccc([N+](=O)[O-])cc5)C4)n(C(C)(C)C)n3)CC2)cn1. The molecule has 54 heavy (non-hydrogen) atoms. The Morgan fingerprint density at radius 3 is 2.37 bits per heavy atom. The van der Waals surface area contributed by atoms with Gasteiger partial charge >= 0.3 is 12.2 Å². The van der Waals surface area contributed by atoms with Gasteiger partial charge in [-0.3, -0.25) is 19.5 Å². The highest BCUT2D eigenvalue weighted by molar-refractivity contribution is 7.89. The second kappa shape index (κ2) is 16.8. The lowest BCUT2D eigenvalue weighted by Crippen LogP contribution is -2.42. The number of benzene rings is 1. The van der Waals surface area contributed by atoms with Gasteiger partial charge in [0.1, 0.15) is 28.2 Å². The van der Waals surface area contributed by atoms with Crippen LogP contribution in [0.25, 0.3) is 0 Å². The van der Waals surface area contributed by atoms with Gasteiger partial charge in [0, 0.05) is 68.2 Å². The minimum absolute atomic E-state index is 0.0264. The van der Waals surface area contributed by atoms with E-state index < -0.39 is 32.8 Å². The maximum absolute atomic E-state index is 13.5. The van der Waals surface area contributed by atoms with Crippen LogP contribution in [0.4, 0.5) is 21.1 Å². The lowest BCUT2D eigenvalue weighted by molar-refractivity contribution is -0.384.